The zero-order chi connectivity index (χ0) is 20.2. The van der Waals surface area contributed by atoms with E-state index in [0.29, 0.717) is 11.1 Å². The molecular weight excluding hydrogens is 367 g/mol. The van der Waals surface area contributed by atoms with Crippen molar-refractivity contribution in [3.05, 3.63) is 65.0 Å². The van der Waals surface area contributed by atoms with Gasteiger partial charge in [-0.3, -0.25) is 4.79 Å². The molecule has 0 aliphatic rings. The highest BCUT2D eigenvalue weighted by Crippen LogP contribution is 2.14. The lowest BCUT2D eigenvalue weighted by atomic mass is 10.0. The molecule has 0 saturated carbocycles. The van der Waals surface area contributed by atoms with E-state index in [2.05, 4.69) is 10.0 Å². The van der Waals surface area contributed by atoms with Crippen LogP contribution >= 0.6 is 0 Å². The minimum Gasteiger partial charge on any atom is -0.351 e. The first-order chi connectivity index (χ1) is 12.6. The van der Waals surface area contributed by atoms with Crippen molar-refractivity contribution in [1.82, 2.24) is 10.0 Å². The highest BCUT2D eigenvalue weighted by Gasteiger charge is 2.28. The summed E-state index contributed by atoms with van der Waals surface area (Å²) >= 11 is 0. The molecule has 0 aliphatic carbocycles. The molecule has 0 aromatic heterocycles. The van der Waals surface area contributed by atoms with Gasteiger partial charge in [-0.15, -0.1) is 0 Å². The normalized spacial score (nSPS) is 12.8. The third-order valence-corrected chi connectivity index (χ3v) is 5.72. The van der Waals surface area contributed by atoms with Crippen molar-refractivity contribution in [2.75, 3.05) is 0 Å². The lowest BCUT2D eigenvalue weighted by Gasteiger charge is -2.22. The number of hydrogen-bond acceptors (Lipinski definition) is 3. The number of carbonyl (C=O) groups is 1. The van der Waals surface area contributed by atoms with Crippen LogP contribution in [0.5, 0.6) is 0 Å². The van der Waals surface area contributed by atoms with Gasteiger partial charge in [-0.05, 0) is 49.1 Å². The van der Waals surface area contributed by atoms with Gasteiger partial charge in [0.15, 0.2) is 0 Å². The third-order valence-electron chi connectivity index (χ3n) is 4.27. The minimum atomic E-state index is -3.83. The Morgan fingerprint density at radius 1 is 1.07 bits per heavy atom. The first-order valence-corrected chi connectivity index (χ1v) is 10.2. The fraction of sp³-hybridized carbons (Fsp3) is 0.350. The Balaban J connectivity index is 2.10. The quantitative estimate of drug-likeness (QED) is 0.760. The summed E-state index contributed by atoms with van der Waals surface area (Å²) in [4.78, 5) is 12.6. The Morgan fingerprint density at radius 3 is 2.26 bits per heavy atom. The average Bonchev–Trinajstić information content (AvgIpc) is 2.60. The molecule has 1 amide bonds. The van der Waals surface area contributed by atoms with Crippen molar-refractivity contribution in [3.8, 4) is 0 Å². The number of rotatable bonds is 7. The second kappa shape index (κ2) is 8.63. The highest BCUT2D eigenvalue weighted by atomic mass is 32.2. The fourth-order valence-electron chi connectivity index (χ4n) is 2.49. The Labute approximate surface area is 160 Å². The van der Waals surface area contributed by atoms with E-state index < -0.39 is 22.0 Å². The van der Waals surface area contributed by atoms with Gasteiger partial charge in [-0.1, -0.05) is 43.7 Å². The molecule has 0 bridgehead atoms. The molecule has 2 rings (SSSR count). The van der Waals surface area contributed by atoms with Crippen LogP contribution in [0.2, 0.25) is 0 Å². The summed E-state index contributed by atoms with van der Waals surface area (Å²) in [6.07, 6.45) is 0. The molecule has 0 aliphatic heterocycles. The van der Waals surface area contributed by atoms with Crippen LogP contribution in [0.4, 0.5) is 4.39 Å². The van der Waals surface area contributed by atoms with Gasteiger partial charge in [0.2, 0.25) is 15.9 Å². The molecular formula is C20H25FN2O3S. The molecule has 27 heavy (non-hydrogen) atoms. The van der Waals surface area contributed by atoms with Crippen molar-refractivity contribution in [2.24, 2.45) is 5.92 Å². The van der Waals surface area contributed by atoms with E-state index in [4.69, 9.17) is 0 Å². The van der Waals surface area contributed by atoms with E-state index >= 15 is 0 Å². The first-order valence-electron chi connectivity index (χ1n) is 8.72. The molecule has 0 heterocycles. The number of benzene rings is 2. The molecule has 146 valence electrons. The maximum atomic E-state index is 13.6. The van der Waals surface area contributed by atoms with Gasteiger partial charge in [-0.25, -0.2) is 12.8 Å². The molecule has 2 N–H and O–H groups in total. The zero-order valence-electron chi connectivity index (χ0n) is 15.9. The topological polar surface area (TPSA) is 75.3 Å². The SMILES string of the molecule is Cc1ccc(S(=O)(=O)N[C@H](C(=O)NCc2ccc(C)c(F)c2)C(C)C)cc1. The highest BCUT2D eigenvalue weighted by molar-refractivity contribution is 7.89. The van der Waals surface area contributed by atoms with E-state index in [-0.39, 0.29) is 23.2 Å². The van der Waals surface area contributed by atoms with E-state index in [9.17, 15) is 17.6 Å². The largest absolute Gasteiger partial charge is 0.351 e. The van der Waals surface area contributed by atoms with Crippen LogP contribution in [-0.2, 0) is 21.4 Å². The summed E-state index contributed by atoms with van der Waals surface area (Å²) in [6, 6.07) is 10.2. The van der Waals surface area contributed by atoms with Gasteiger partial charge in [0.05, 0.1) is 4.90 Å². The number of amides is 1. The van der Waals surface area contributed by atoms with Crippen LogP contribution in [0, 0.1) is 25.6 Å². The summed E-state index contributed by atoms with van der Waals surface area (Å²) in [7, 11) is -3.83. The van der Waals surface area contributed by atoms with Gasteiger partial charge in [0.25, 0.3) is 0 Å². The Morgan fingerprint density at radius 2 is 1.70 bits per heavy atom. The molecule has 0 spiro atoms. The first kappa shape index (κ1) is 21.1. The molecule has 0 fully saturated rings. The average molecular weight is 392 g/mol. The van der Waals surface area contributed by atoms with Crippen LogP contribution in [-0.4, -0.2) is 20.4 Å². The van der Waals surface area contributed by atoms with Gasteiger partial charge >= 0.3 is 0 Å². The summed E-state index contributed by atoms with van der Waals surface area (Å²) in [5.41, 5.74) is 2.07. The van der Waals surface area contributed by atoms with Crippen molar-refractivity contribution in [1.29, 1.82) is 0 Å². The third kappa shape index (κ3) is 5.61. The number of halogens is 1. The summed E-state index contributed by atoms with van der Waals surface area (Å²) in [5, 5.41) is 2.68. The van der Waals surface area contributed by atoms with Crippen LogP contribution in [0.1, 0.15) is 30.5 Å². The number of nitrogens with one attached hydrogen (secondary N) is 2. The van der Waals surface area contributed by atoms with Gasteiger partial charge in [-0.2, -0.15) is 4.72 Å². The van der Waals surface area contributed by atoms with Gasteiger partial charge in [0.1, 0.15) is 11.9 Å². The molecule has 0 radical (unpaired) electrons. The predicted octanol–water partition coefficient (Wildman–Crippen LogP) is 3.06. The number of carbonyl (C=O) groups excluding carboxylic acids is 1. The van der Waals surface area contributed by atoms with Gasteiger partial charge in [0, 0.05) is 6.54 Å². The van der Waals surface area contributed by atoms with Crippen molar-refractivity contribution in [3.63, 3.8) is 0 Å². The maximum Gasteiger partial charge on any atom is 0.241 e. The summed E-state index contributed by atoms with van der Waals surface area (Å²) in [6.45, 7) is 7.15. The minimum absolute atomic E-state index is 0.104. The second-order valence-electron chi connectivity index (χ2n) is 6.96. The predicted molar refractivity (Wildman–Crippen MR) is 103 cm³/mol. The molecule has 7 heteroatoms. The second-order valence-corrected chi connectivity index (χ2v) is 8.67. The van der Waals surface area contributed by atoms with Crippen molar-refractivity contribution >= 4 is 15.9 Å². The molecule has 2 aromatic rings. The molecule has 1 atom stereocenters. The van der Waals surface area contributed by atoms with Crippen LogP contribution in [0.15, 0.2) is 47.4 Å². The fourth-order valence-corrected chi connectivity index (χ4v) is 3.83. The van der Waals surface area contributed by atoms with Crippen LogP contribution in [0.3, 0.4) is 0 Å². The van der Waals surface area contributed by atoms with E-state index in [1.807, 2.05) is 6.92 Å². The monoisotopic (exact) mass is 392 g/mol. The number of hydrogen-bond donors (Lipinski definition) is 2. The van der Waals surface area contributed by atoms with E-state index in [1.165, 1.54) is 18.2 Å². The van der Waals surface area contributed by atoms with Gasteiger partial charge < -0.3 is 5.32 Å². The van der Waals surface area contributed by atoms with Crippen molar-refractivity contribution < 1.29 is 17.6 Å². The van der Waals surface area contributed by atoms with E-state index in [0.717, 1.165) is 5.56 Å². The van der Waals surface area contributed by atoms with Crippen molar-refractivity contribution in [2.45, 2.75) is 45.2 Å². The maximum absolute atomic E-state index is 13.6. The molecule has 0 unspecified atom stereocenters. The van der Waals surface area contributed by atoms with Crippen LogP contribution in [0.25, 0.3) is 0 Å². The summed E-state index contributed by atoms with van der Waals surface area (Å²) in [5.74, 6) is -1.07. The standard InChI is InChI=1S/C20H25FN2O3S/c1-13(2)19(23-27(25,26)17-9-5-14(3)6-10-17)20(24)22-12-16-8-7-15(4)18(21)11-16/h5-11,13,19,23H,12H2,1-4H3,(H,22,24)/t19-/m0/s1. The molecule has 0 saturated heterocycles. The van der Waals surface area contributed by atoms with E-state index in [1.54, 1.807) is 45.0 Å². The lowest BCUT2D eigenvalue weighted by molar-refractivity contribution is -0.123. The molecule has 5 nitrogen and oxygen atoms in total. The summed E-state index contributed by atoms with van der Waals surface area (Å²) < 4.78 is 41.3. The Bertz CT molecular complexity index is 909. The number of aryl methyl sites for hydroxylation is 2. The zero-order valence-corrected chi connectivity index (χ0v) is 16.7. The molecule has 2 aromatic carbocycles. The Hall–Kier alpha value is -2.25. The van der Waals surface area contributed by atoms with Crippen LogP contribution < -0.4 is 10.0 Å². The Kier molecular flexibility index (Phi) is 6.73. The lowest BCUT2D eigenvalue weighted by Crippen LogP contribution is -2.49. The smallest absolute Gasteiger partial charge is 0.241 e. The number of sulfonamides is 1.